The highest BCUT2D eigenvalue weighted by molar-refractivity contribution is 7.80. The lowest BCUT2D eigenvalue weighted by Gasteiger charge is -2.08. The van der Waals surface area contributed by atoms with Gasteiger partial charge in [-0.05, 0) is 24.4 Å². The van der Waals surface area contributed by atoms with Crippen LogP contribution in [0.3, 0.4) is 0 Å². The summed E-state index contributed by atoms with van der Waals surface area (Å²) in [5.41, 5.74) is 6.81. The topological polar surface area (TPSA) is 49.0 Å². The third kappa shape index (κ3) is 3.15. The lowest BCUT2D eigenvalue weighted by molar-refractivity contribution is 0.977. The van der Waals surface area contributed by atoms with Crippen molar-refractivity contribution in [2.45, 2.75) is 0 Å². The Morgan fingerprint density at radius 3 is 3.06 bits per heavy atom. The van der Waals surface area contributed by atoms with Crippen LogP contribution in [0.25, 0.3) is 10.2 Å². The third-order valence-corrected chi connectivity index (χ3v) is 3.18. The highest BCUT2D eigenvalue weighted by Gasteiger charge is 2.02. The predicted octanol–water partition coefficient (Wildman–Crippen LogP) is 2.27. The number of aromatic nitrogens is 1. The van der Waals surface area contributed by atoms with Gasteiger partial charge >= 0.3 is 0 Å². The molecular weight excluding hydrogens is 252 g/mol. The summed E-state index contributed by atoms with van der Waals surface area (Å²) in [6.45, 7) is 4.23. The number of thiocarbonyl (C=S) groups is 1. The minimum Gasteiger partial charge on any atom is -0.358 e. The highest BCUT2D eigenvalue weighted by Crippen LogP contribution is 2.24. The van der Waals surface area contributed by atoms with Crippen molar-refractivity contribution < 1.29 is 0 Å². The quantitative estimate of drug-likeness (QED) is 0.449. The van der Waals surface area contributed by atoms with Crippen molar-refractivity contribution in [3.8, 4) is 0 Å². The Hall–Kier alpha value is -1.66. The van der Waals surface area contributed by atoms with Crippen LogP contribution >= 0.6 is 23.6 Å². The lowest BCUT2D eigenvalue weighted by atomic mass is 10.3. The van der Waals surface area contributed by atoms with Gasteiger partial charge in [-0.15, -0.1) is 6.58 Å². The van der Waals surface area contributed by atoms with Crippen molar-refractivity contribution >= 4 is 44.0 Å². The largest absolute Gasteiger partial charge is 0.358 e. The van der Waals surface area contributed by atoms with Crippen molar-refractivity contribution in [1.29, 1.82) is 0 Å². The Morgan fingerprint density at radius 1 is 1.47 bits per heavy atom. The van der Waals surface area contributed by atoms with Gasteiger partial charge in [0.15, 0.2) is 5.11 Å². The van der Waals surface area contributed by atoms with Crippen molar-refractivity contribution in [3.05, 3.63) is 36.9 Å². The first-order valence-electron chi connectivity index (χ1n) is 5.06. The van der Waals surface area contributed by atoms with Gasteiger partial charge in [-0.2, -0.15) is 0 Å². The number of hydrogen-bond donors (Lipinski definition) is 3. The first-order chi connectivity index (χ1) is 8.29. The average Bonchev–Trinajstić information content (AvgIpc) is 2.76. The average molecular weight is 264 g/mol. The maximum Gasteiger partial charge on any atom is 0.202 e. The smallest absolute Gasteiger partial charge is 0.202 e. The van der Waals surface area contributed by atoms with Gasteiger partial charge in [-0.1, -0.05) is 29.5 Å². The summed E-state index contributed by atoms with van der Waals surface area (Å²) >= 11 is 6.61. The second-order valence-corrected chi connectivity index (χ2v) is 4.67. The maximum atomic E-state index is 5.04. The molecule has 0 aliphatic carbocycles. The number of benzene rings is 1. The fourth-order valence-corrected chi connectivity index (χ4v) is 2.20. The summed E-state index contributed by atoms with van der Waals surface area (Å²) in [5, 5.41) is 4.26. The van der Waals surface area contributed by atoms with Crippen LogP contribution in [0.5, 0.6) is 0 Å². The summed E-state index contributed by atoms with van der Waals surface area (Å²) < 4.78 is 1.14. The Bertz CT molecular complexity index is 502. The molecule has 0 bridgehead atoms. The lowest BCUT2D eigenvalue weighted by Crippen LogP contribution is -2.38. The minimum absolute atomic E-state index is 0.518. The molecule has 1 aromatic carbocycles. The molecular formula is C11H12N4S2. The number of nitrogens with one attached hydrogen (secondary N) is 3. The zero-order valence-corrected chi connectivity index (χ0v) is 10.7. The van der Waals surface area contributed by atoms with E-state index in [2.05, 4.69) is 27.7 Å². The maximum absolute atomic E-state index is 5.04. The molecule has 0 amide bonds. The van der Waals surface area contributed by atoms with E-state index in [9.17, 15) is 0 Å². The molecule has 0 spiro atoms. The van der Waals surface area contributed by atoms with Crippen LogP contribution in [-0.4, -0.2) is 16.6 Å². The van der Waals surface area contributed by atoms with E-state index >= 15 is 0 Å². The fourth-order valence-electron chi connectivity index (χ4n) is 1.24. The van der Waals surface area contributed by atoms with Gasteiger partial charge in [0, 0.05) is 6.54 Å². The van der Waals surface area contributed by atoms with Gasteiger partial charge in [0.25, 0.3) is 0 Å². The zero-order valence-electron chi connectivity index (χ0n) is 9.06. The van der Waals surface area contributed by atoms with Gasteiger partial charge in [-0.25, -0.2) is 4.98 Å². The van der Waals surface area contributed by atoms with Crippen LogP contribution in [0.15, 0.2) is 36.9 Å². The molecule has 0 saturated heterocycles. The number of thiazole rings is 1. The highest BCUT2D eigenvalue weighted by atomic mass is 32.1. The Balaban J connectivity index is 1.94. The van der Waals surface area contributed by atoms with E-state index in [1.807, 2.05) is 24.3 Å². The number of para-hydroxylation sites is 1. The Labute approximate surface area is 109 Å². The molecule has 17 heavy (non-hydrogen) atoms. The molecule has 0 unspecified atom stereocenters. The molecule has 0 aliphatic heterocycles. The number of hydrogen-bond acceptors (Lipinski definition) is 4. The van der Waals surface area contributed by atoms with Crippen LogP contribution in [0.1, 0.15) is 0 Å². The molecule has 88 valence electrons. The summed E-state index contributed by atoms with van der Waals surface area (Å²) in [6.07, 6.45) is 1.74. The molecule has 3 N–H and O–H groups in total. The summed E-state index contributed by atoms with van der Waals surface area (Å²) in [5.74, 6) is 0. The summed E-state index contributed by atoms with van der Waals surface area (Å²) in [7, 11) is 0. The molecule has 1 aromatic heterocycles. The number of rotatable bonds is 4. The Kier molecular flexibility index (Phi) is 3.89. The van der Waals surface area contributed by atoms with Crippen LogP contribution in [0, 0.1) is 0 Å². The molecule has 0 atom stereocenters. The number of anilines is 1. The number of nitrogens with zero attached hydrogens (tertiary/aromatic N) is 1. The third-order valence-electron chi connectivity index (χ3n) is 1.98. The number of hydrazine groups is 1. The van der Waals surface area contributed by atoms with E-state index in [1.165, 1.54) is 0 Å². The van der Waals surface area contributed by atoms with Gasteiger partial charge in [0.1, 0.15) is 0 Å². The predicted molar refractivity (Wildman–Crippen MR) is 77.2 cm³/mol. The summed E-state index contributed by atoms with van der Waals surface area (Å²) in [6, 6.07) is 7.97. The second kappa shape index (κ2) is 5.60. The van der Waals surface area contributed by atoms with Crippen LogP contribution < -0.4 is 16.2 Å². The molecule has 0 radical (unpaired) electrons. The normalized spacial score (nSPS) is 9.88. The van der Waals surface area contributed by atoms with E-state index < -0.39 is 0 Å². The van der Waals surface area contributed by atoms with E-state index in [-0.39, 0.29) is 0 Å². The van der Waals surface area contributed by atoms with Gasteiger partial charge in [0.2, 0.25) is 5.13 Å². The van der Waals surface area contributed by atoms with Gasteiger partial charge in [0.05, 0.1) is 10.2 Å². The zero-order chi connectivity index (χ0) is 12.1. The number of fused-ring (bicyclic) bond motifs is 1. The van der Waals surface area contributed by atoms with Crippen molar-refractivity contribution in [3.63, 3.8) is 0 Å². The van der Waals surface area contributed by atoms with Crippen LogP contribution in [0.2, 0.25) is 0 Å². The van der Waals surface area contributed by atoms with E-state index in [0.717, 1.165) is 15.3 Å². The first-order valence-corrected chi connectivity index (χ1v) is 6.28. The second-order valence-electron chi connectivity index (χ2n) is 3.24. The molecule has 0 fully saturated rings. The fraction of sp³-hybridized carbons (Fsp3) is 0.0909. The van der Waals surface area contributed by atoms with Gasteiger partial charge < -0.3 is 5.32 Å². The molecule has 2 rings (SSSR count). The Morgan fingerprint density at radius 2 is 2.29 bits per heavy atom. The molecule has 1 heterocycles. The van der Waals surface area contributed by atoms with E-state index in [1.54, 1.807) is 17.4 Å². The molecule has 0 aliphatic rings. The minimum atomic E-state index is 0.518. The van der Waals surface area contributed by atoms with Crippen LogP contribution in [0.4, 0.5) is 5.13 Å². The van der Waals surface area contributed by atoms with Crippen molar-refractivity contribution in [2.75, 3.05) is 12.0 Å². The first kappa shape index (κ1) is 11.8. The van der Waals surface area contributed by atoms with Crippen molar-refractivity contribution in [2.24, 2.45) is 0 Å². The monoisotopic (exact) mass is 264 g/mol. The molecule has 0 saturated carbocycles. The van der Waals surface area contributed by atoms with E-state index in [0.29, 0.717) is 11.7 Å². The van der Waals surface area contributed by atoms with Gasteiger partial charge in [-0.3, -0.25) is 10.9 Å². The standard InChI is InChI=1S/C11H12N4S2/c1-2-7-12-10(16)14-15-11-13-8-5-3-4-6-9(8)17-11/h2-6H,1,7H2,(H,13,15)(H2,12,14,16). The van der Waals surface area contributed by atoms with Crippen LogP contribution in [-0.2, 0) is 0 Å². The van der Waals surface area contributed by atoms with Crippen molar-refractivity contribution in [1.82, 2.24) is 15.7 Å². The molecule has 2 aromatic rings. The SMILES string of the molecule is C=CCNC(=S)NNc1nc2ccccc2s1. The van der Waals surface area contributed by atoms with E-state index in [4.69, 9.17) is 12.2 Å². The summed E-state index contributed by atoms with van der Waals surface area (Å²) in [4.78, 5) is 4.40. The molecule has 4 nitrogen and oxygen atoms in total. The molecule has 6 heteroatoms.